The highest BCUT2D eigenvalue weighted by molar-refractivity contribution is 5.82. The van der Waals surface area contributed by atoms with Gasteiger partial charge in [-0.15, -0.1) is 0 Å². The zero-order chi connectivity index (χ0) is 12.2. The first-order valence-electron chi connectivity index (χ1n) is 6.14. The zero-order valence-electron chi connectivity index (χ0n) is 10.8. The van der Waals surface area contributed by atoms with Crippen LogP contribution in [0.4, 0.5) is 0 Å². The first-order valence-corrected chi connectivity index (χ1v) is 6.14. The highest BCUT2D eigenvalue weighted by Crippen LogP contribution is 2.21. The van der Waals surface area contributed by atoms with Crippen LogP contribution in [0.5, 0.6) is 0 Å². The van der Waals surface area contributed by atoms with Gasteiger partial charge in [0.25, 0.3) is 0 Å². The van der Waals surface area contributed by atoms with Crippen molar-refractivity contribution in [3.63, 3.8) is 0 Å². The van der Waals surface area contributed by atoms with Crippen molar-refractivity contribution >= 4 is 5.84 Å². The molecule has 1 aliphatic heterocycles. The molecule has 0 amide bonds. The van der Waals surface area contributed by atoms with Gasteiger partial charge in [-0.3, -0.25) is 10.3 Å². The van der Waals surface area contributed by atoms with Crippen molar-refractivity contribution in [3.8, 4) is 0 Å². The van der Waals surface area contributed by atoms with Gasteiger partial charge in [-0.1, -0.05) is 20.8 Å². The maximum atomic E-state index is 7.52. The highest BCUT2D eigenvalue weighted by atomic mass is 16.5. The Bertz CT molecular complexity index is 240. The van der Waals surface area contributed by atoms with E-state index in [1.54, 1.807) is 0 Å². The topological polar surface area (TPSA) is 62.3 Å². The highest BCUT2D eigenvalue weighted by Gasteiger charge is 2.24. The molecule has 3 N–H and O–H groups in total. The van der Waals surface area contributed by atoms with Crippen LogP contribution in [0.2, 0.25) is 0 Å². The average molecular weight is 227 g/mol. The van der Waals surface area contributed by atoms with E-state index in [0.29, 0.717) is 6.10 Å². The van der Waals surface area contributed by atoms with Gasteiger partial charge in [0.2, 0.25) is 0 Å². The molecule has 1 atom stereocenters. The summed E-state index contributed by atoms with van der Waals surface area (Å²) in [5.41, 5.74) is 5.40. The van der Waals surface area contributed by atoms with Gasteiger partial charge in [0.05, 0.1) is 18.5 Å². The smallest absolute Gasteiger partial charge is 0.0963 e. The van der Waals surface area contributed by atoms with Crippen molar-refractivity contribution < 1.29 is 4.74 Å². The van der Waals surface area contributed by atoms with Gasteiger partial charge in [-0.25, -0.2) is 0 Å². The van der Waals surface area contributed by atoms with E-state index < -0.39 is 0 Å². The minimum Gasteiger partial charge on any atom is -0.387 e. The molecular weight excluding hydrogens is 202 g/mol. The maximum Gasteiger partial charge on any atom is 0.0963 e. The Balaban J connectivity index is 2.35. The number of rotatable bonds is 5. The van der Waals surface area contributed by atoms with Gasteiger partial charge in [0.15, 0.2) is 0 Å². The quantitative estimate of drug-likeness (QED) is 0.552. The molecule has 0 radical (unpaired) electrons. The van der Waals surface area contributed by atoms with E-state index in [0.717, 1.165) is 39.1 Å². The normalized spacial score (nSPS) is 23.3. The van der Waals surface area contributed by atoms with Crippen LogP contribution in [0.15, 0.2) is 0 Å². The van der Waals surface area contributed by atoms with E-state index in [1.165, 1.54) is 0 Å². The zero-order valence-corrected chi connectivity index (χ0v) is 10.8. The molecule has 0 spiro atoms. The first kappa shape index (κ1) is 13.5. The average Bonchev–Trinajstić information content (AvgIpc) is 2.26. The number of amidine groups is 1. The van der Waals surface area contributed by atoms with Crippen LogP contribution in [0.3, 0.4) is 0 Å². The molecule has 1 fully saturated rings. The molecule has 0 aromatic rings. The van der Waals surface area contributed by atoms with Crippen molar-refractivity contribution in [2.75, 3.05) is 26.2 Å². The van der Waals surface area contributed by atoms with Crippen LogP contribution in [0.1, 0.15) is 33.6 Å². The van der Waals surface area contributed by atoms with E-state index in [2.05, 4.69) is 11.8 Å². The monoisotopic (exact) mass is 227 g/mol. The molecule has 94 valence electrons. The van der Waals surface area contributed by atoms with Crippen LogP contribution < -0.4 is 5.73 Å². The largest absolute Gasteiger partial charge is 0.387 e. The van der Waals surface area contributed by atoms with Crippen molar-refractivity contribution in [2.45, 2.75) is 39.7 Å². The summed E-state index contributed by atoms with van der Waals surface area (Å²) in [6.07, 6.45) is 2.40. The predicted octanol–water partition coefficient (Wildman–Crippen LogP) is 1.45. The van der Waals surface area contributed by atoms with Crippen molar-refractivity contribution in [1.82, 2.24) is 4.90 Å². The molecule has 4 heteroatoms. The summed E-state index contributed by atoms with van der Waals surface area (Å²) in [4.78, 5) is 2.42. The third kappa shape index (κ3) is 3.76. The van der Waals surface area contributed by atoms with Gasteiger partial charge in [-0.2, -0.15) is 0 Å². The fourth-order valence-corrected chi connectivity index (χ4v) is 1.80. The van der Waals surface area contributed by atoms with Gasteiger partial charge in [0.1, 0.15) is 0 Å². The van der Waals surface area contributed by atoms with E-state index in [9.17, 15) is 0 Å². The molecule has 0 aromatic heterocycles. The van der Waals surface area contributed by atoms with Crippen LogP contribution in [-0.2, 0) is 4.74 Å². The molecule has 1 heterocycles. The minimum absolute atomic E-state index is 0.181. The second kappa shape index (κ2) is 5.64. The molecule has 0 aromatic carbocycles. The third-order valence-corrected chi connectivity index (χ3v) is 3.46. The molecule has 4 nitrogen and oxygen atoms in total. The lowest BCUT2D eigenvalue weighted by molar-refractivity contribution is -0.0313. The minimum atomic E-state index is -0.181. The number of nitrogens with one attached hydrogen (secondary N) is 1. The summed E-state index contributed by atoms with van der Waals surface area (Å²) in [5, 5.41) is 7.52. The molecule has 1 saturated heterocycles. The standard InChI is InChI=1S/C12H25N3O/c1-4-10-9-15(7-8-16-10)6-5-12(2,3)11(13)14/h10H,4-9H2,1-3H3,(H3,13,14). The van der Waals surface area contributed by atoms with Crippen LogP contribution >= 0.6 is 0 Å². The lowest BCUT2D eigenvalue weighted by Crippen LogP contribution is -2.44. The van der Waals surface area contributed by atoms with Crippen LogP contribution in [0.25, 0.3) is 0 Å². The lowest BCUT2D eigenvalue weighted by atomic mass is 9.88. The fourth-order valence-electron chi connectivity index (χ4n) is 1.80. The van der Waals surface area contributed by atoms with E-state index in [1.807, 2.05) is 13.8 Å². The number of nitrogens with zero attached hydrogens (tertiary/aromatic N) is 1. The summed E-state index contributed by atoms with van der Waals surface area (Å²) < 4.78 is 5.63. The molecule has 0 bridgehead atoms. The number of nitrogens with two attached hydrogens (primary N) is 1. The molecule has 0 saturated carbocycles. The molecule has 16 heavy (non-hydrogen) atoms. The van der Waals surface area contributed by atoms with Gasteiger partial charge in [0, 0.05) is 18.5 Å². The fraction of sp³-hybridized carbons (Fsp3) is 0.917. The molecule has 1 rings (SSSR count). The summed E-state index contributed by atoms with van der Waals surface area (Å²) in [6, 6.07) is 0. The second-order valence-corrected chi connectivity index (χ2v) is 5.25. The summed E-state index contributed by atoms with van der Waals surface area (Å²) >= 11 is 0. The third-order valence-electron chi connectivity index (χ3n) is 3.46. The Kier molecular flexibility index (Phi) is 4.74. The van der Waals surface area contributed by atoms with E-state index >= 15 is 0 Å². The molecule has 0 aliphatic carbocycles. The Morgan fingerprint density at radius 3 is 2.81 bits per heavy atom. The van der Waals surface area contributed by atoms with E-state index in [-0.39, 0.29) is 11.3 Å². The molecule has 1 unspecified atom stereocenters. The second-order valence-electron chi connectivity index (χ2n) is 5.25. The molecule has 1 aliphatic rings. The summed E-state index contributed by atoms with van der Waals surface area (Å²) in [7, 11) is 0. The Morgan fingerprint density at radius 1 is 1.56 bits per heavy atom. The van der Waals surface area contributed by atoms with Gasteiger partial charge < -0.3 is 10.5 Å². The van der Waals surface area contributed by atoms with E-state index in [4.69, 9.17) is 15.9 Å². The molecular formula is C12H25N3O. The van der Waals surface area contributed by atoms with Gasteiger partial charge in [-0.05, 0) is 19.4 Å². The number of ether oxygens (including phenoxy) is 1. The van der Waals surface area contributed by atoms with Crippen molar-refractivity contribution in [3.05, 3.63) is 0 Å². The van der Waals surface area contributed by atoms with Crippen molar-refractivity contribution in [2.24, 2.45) is 11.1 Å². The summed E-state index contributed by atoms with van der Waals surface area (Å²) in [5.74, 6) is 0.285. The predicted molar refractivity (Wildman–Crippen MR) is 66.8 cm³/mol. The van der Waals surface area contributed by atoms with Crippen molar-refractivity contribution in [1.29, 1.82) is 5.41 Å². The Labute approximate surface area is 98.6 Å². The lowest BCUT2D eigenvalue weighted by Gasteiger charge is -2.34. The number of hydrogen-bond acceptors (Lipinski definition) is 3. The van der Waals surface area contributed by atoms with Crippen LogP contribution in [0, 0.1) is 10.8 Å². The number of morpholine rings is 1. The first-order chi connectivity index (χ1) is 7.45. The summed E-state index contributed by atoms with van der Waals surface area (Å²) in [6.45, 7) is 10.1. The van der Waals surface area contributed by atoms with Gasteiger partial charge >= 0.3 is 0 Å². The maximum absolute atomic E-state index is 7.52. The van der Waals surface area contributed by atoms with Crippen LogP contribution in [-0.4, -0.2) is 43.1 Å². The number of hydrogen-bond donors (Lipinski definition) is 2. The SMILES string of the molecule is CCC1CN(CCC(C)(C)C(=N)N)CCO1. The Hall–Kier alpha value is -0.610. The Morgan fingerprint density at radius 2 is 2.25 bits per heavy atom.